The molecule has 0 unspecified atom stereocenters. The first-order chi connectivity index (χ1) is 13.3. The van der Waals surface area contributed by atoms with Crippen molar-refractivity contribution < 1.29 is 22.4 Å². The van der Waals surface area contributed by atoms with E-state index in [0.29, 0.717) is 22.5 Å². The van der Waals surface area contributed by atoms with Crippen molar-refractivity contribution in [1.82, 2.24) is 0 Å². The van der Waals surface area contributed by atoms with Crippen LogP contribution in [0.4, 0.5) is 11.4 Å². The number of carbonyl (C=O) groups is 2. The summed E-state index contributed by atoms with van der Waals surface area (Å²) in [6.45, 7) is 0. The molecule has 1 heterocycles. The minimum Gasteiger partial charge on any atom is -0.459 e. The number of benzene rings is 2. The third kappa shape index (κ3) is 5.31. The average molecular weight is 398 g/mol. The minimum atomic E-state index is -3.13. The monoisotopic (exact) mass is 398 g/mol. The Morgan fingerprint density at radius 2 is 1.54 bits per heavy atom. The molecule has 0 aliphatic heterocycles. The molecule has 7 nitrogen and oxygen atoms in total. The molecule has 0 atom stereocenters. The lowest BCUT2D eigenvalue weighted by molar-refractivity contribution is 0.0995. The predicted molar refractivity (Wildman–Crippen MR) is 106 cm³/mol. The SMILES string of the molecule is CS(=O)(=O)Cc1ccc(C(=O)Nc2cccc(NC(=O)c3ccco3)c2)cc1. The zero-order valence-electron chi connectivity index (χ0n) is 15.0. The highest BCUT2D eigenvalue weighted by Crippen LogP contribution is 2.18. The highest BCUT2D eigenvalue weighted by atomic mass is 32.2. The summed E-state index contributed by atoms with van der Waals surface area (Å²) in [7, 11) is -3.13. The summed E-state index contributed by atoms with van der Waals surface area (Å²) in [5.41, 5.74) is 2.01. The third-order valence-electron chi connectivity index (χ3n) is 3.77. The van der Waals surface area contributed by atoms with Gasteiger partial charge >= 0.3 is 0 Å². The molecule has 1 aromatic heterocycles. The molecule has 28 heavy (non-hydrogen) atoms. The van der Waals surface area contributed by atoms with Crippen molar-refractivity contribution >= 4 is 33.0 Å². The lowest BCUT2D eigenvalue weighted by Gasteiger charge is -2.09. The van der Waals surface area contributed by atoms with Gasteiger partial charge in [-0.3, -0.25) is 9.59 Å². The molecule has 0 radical (unpaired) electrons. The average Bonchev–Trinajstić information content (AvgIpc) is 3.16. The van der Waals surface area contributed by atoms with Crippen molar-refractivity contribution in [1.29, 1.82) is 0 Å². The summed E-state index contributed by atoms with van der Waals surface area (Å²) in [6.07, 6.45) is 2.57. The molecule has 0 saturated carbocycles. The van der Waals surface area contributed by atoms with Gasteiger partial charge in [0.15, 0.2) is 15.6 Å². The number of rotatable bonds is 6. The number of sulfone groups is 1. The molecular formula is C20H18N2O5S. The molecule has 0 saturated heterocycles. The van der Waals surface area contributed by atoms with Crippen molar-refractivity contribution in [3.63, 3.8) is 0 Å². The molecular weight excluding hydrogens is 380 g/mol. The van der Waals surface area contributed by atoms with E-state index in [4.69, 9.17) is 4.42 Å². The zero-order valence-corrected chi connectivity index (χ0v) is 15.8. The van der Waals surface area contributed by atoms with E-state index in [9.17, 15) is 18.0 Å². The van der Waals surface area contributed by atoms with Crippen LogP contribution in [0.1, 0.15) is 26.5 Å². The lowest BCUT2D eigenvalue weighted by Crippen LogP contribution is -2.13. The van der Waals surface area contributed by atoms with E-state index in [1.807, 2.05) is 0 Å². The van der Waals surface area contributed by atoms with E-state index in [2.05, 4.69) is 10.6 Å². The molecule has 8 heteroatoms. The number of anilines is 2. The smallest absolute Gasteiger partial charge is 0.291 e. The number of furan rings is 1. The van der Waals surface area contributed by atoms with Crippen LogP contribution in [0, 0.1) is 0 Å². The van der Waals surface area contributed by atoms with Crippen LogP contribution in [0.25, 0.3) is 0 Å². The largest absolute Gasteiger partial charge is 0.459 e. The van der Waals surface area contributed by atoms with E-state index >= 15 is 0 Å². The van der Waals surface area contributed by atoms with Crippen LogP contribution in [0.15, 0.2) is 71.3 Å². The van der Waals surface area contributed by atoms with Crippen LogP contribution in [0.2, 0.25) is 0 Å². The Kier molecular flexibility index (Phi) is 5.60. The maximum atomic E-state index is 12.4. The van der Waals surface area contributed by atoms with Gasteiger partial charge in [-0.1, -0.05) is 18.2 Å². The first-order valence-electron chi connectivity index (χ1n) is 8.33. The molecule has 3 rings (SSSR count). The Hall–Kier alpha value is -3.39. The van der Waals surface area contributed by atoms with Gasteiger partial charge in [0.1, 0.15) is 0 Å². The summed E-state index contributed by atoms with van der Waals surface area (Å²) in [4.78, 5) is 24.4. The van der Waals surface area contributed by atoms with Crippen molar-refractivity contribution in [3.8, 4) is 0 Å². The van der Waals surface area contributed by atoms with Gasteiger partial charge in [0.2, 0.25) is 0 Å². The predicted octanol–water partition coefficient (Wildman–Crippen LogP) is 3.33. The third-order valence-corrected chi connectivity index (χ3v) is 4.63. The maximum absolute atomic E-state index is 12.4. The van der Waals surface area contributed by atoms with E-state index in [0.717, 1.165) is 6.26 Å². The summed E-state index contributed by atoms with van der Waals surface area (Å²) < 4.78 is 27.7. The Morgan fingerprint density at radius 3 is 2.11 bits per heavy atom. The van der Waals surface area contributed by atoms with Gasteiger partial charge in [0, 0.05) is 23.2 Å². The fourth-order valence-electron chi connectivity index (χ4n) is 2.53. The molecule has 144 valence electrons. The van der Waals surface area contributed by atoms with Crippen LogP contribution < -0.4 is 10.6 Å². The quantitative estimate of drug-likeness (QED) is 0.663. The normalized spacial score (nSPS) is 11.0. The Labute approximate surface area is 162 Å². The number of hydrogen-bond acceptors (Lipinski definition) is 5. The molecule has 0 aliphatic rings. The zero-order chi connectivity index (χ0) is 20.1. The molecule has 2 N–H and O–H groups in total. The molecule has 0 spiro atoms. The molecule has 2 aromatic carbocycles. The Bertz CT molecular complexity index is 1090. The molecule has 3 aromatic rings. The van der Waals surface area contributed by atoms with Gasteiger partial charge in [-0.05, 0) is 48.0 Å². The van der Waals surface area contributed by atoms with Crippen LogP contribution >= 0.6 is 0 Å². The lowest BCUT2D eigenvalue weighted by atomic mass is 10.1. The summed E-state index contributed by atoms with van der Waals surface area (Å²) in [5, 5.41) is 5.43. The van der Waals surface area contributed by atoms with E-state index in [1.165, 1.54) is 6.26 Å². The maximum Gasteiger partial charge on any atom is 0.291 e. The second-order valence-electron chi connectivity index (χ2n) is 6.23. The summed E-state index contributed by atoms with van der Waals surface area (Å²) >= 11 is 0. The standard InChI is InChI=1S/C20H18N2O5S/c1-28(25,26)13-14-7-9-15(10-8-14)19(23)21-16-4-2-5-17(12-16)22-20(24)18-6-3-11-27-18/h2-12H,13H2,1H3,(H,21,23)(H,22,24). The second-order valence-corrected chi connectivity index (χ2v) is 8.37. The van der Waals surface area contributed by atoms with Crippen LogP contribution in [-0.4, -0.2) is 26.5 Å². The fraction of sp³-hybridized carbons (Fsp3) is 0.100. The first kappa shape index (κ1) is 19.4. The van der Waals surface area contributed by atoms with Crippen molar-refractivity contribution in [2.24, 2.45) is 0 Å². The van der Waals surface area contributed by atoms with Gasteiger partial charge < -0.3 is 15.1 Å². The minimum absolute atomic E-state index is 0.0771. The van der Waals surface area contributed by atoms with Gasteiger partial charge in [-0.2, -0.15) is 0 Å². The van der Waals surface area contributed by atoms with E-state index in [-0.39, 0.29) is 17.4 Å². The molecule has 2 amide bonds. The van der Waals surface area contributed by atoms with Crippen molar-refractivity contribution in [2.45, 2.75) is 5.75 Å². The number of nitrogens with one attached hydrogen (secondary N) is 2. The van der Waals surface area contributed by atoms with Gasteiger partial charge in [0.25, 0.3) is 11.8 Å². The van der Waals surface area contributed by atoms with Crippen molar-refractivity contribution in [2.75, 3.05) is 16.9 Å². The number of hydrogen-bond donors (Lipinski definition) is 2. The number of amides is 2. The molecule has 0 aliphatic carbocycles. The highest BCUT2D eigenvalue weighted by Gasteiger charge is 2.11. The van der Waals surface area contributed by atoms with Crippen LogP contribution in [-0.2, 0) is 15.6 Å². The van der Waals surface area contributed by atoms with E-state index in [1.54, 1.807) is 60.7 Å². The second kappa shape index (κ2) is 8.10. The van der Waals surface area contributed by atoms with Crippen LogP contribution in [0.3, 0.4) is 0 Å². The highest BCUT2D eigenvalue weighted by molar-refractivity contribution is 7.89. The van der Waals surface area contributed by atoms with Gasteiger partial charge in [-0.15, -0.1) is 0 Å². The summed E-state index contributed by atoms with van der Waals surface area (Å²) in [5.74, 6) is -0.634. The van der Waals surface area contributed by atoms with E-state index < -0.39 is 15.7 Å². The molecule has 0 bridgehead atoms. The Balaban J connectivity index is 1.66. The first-order valence-corrected chi connectivity index (χ1v) is 10.4. The molecule has 0 fully saturated rings. The summed E-state index contributed by atoms with van der Waals surface area (Å²) in [6, 6.07) is 16.2. The van der Waals surface area contributed by atoms with Crippen LogP contribution in [0.5, 0.6) is 0 Å². The Morgan fingerprint density at radius 1 is 0.893 bits per heavy atom. The van der Waals surface area contributed by atoms with Gasteiger partial charge in [0.05, 0.1) is 12.0 Å². The fourth-order valence-corrected chi connectivity index (χ4v) is 3.33. The number of carbonyl (C=O) groups excluding carboxylic acids is 2. The van der Waals surface area contributed by atoms with Crippen molar-refractivity contribution in [3.05, 3.63) is 83.8 Å². The van der Waals surface area contributed by atoms with Gasteiger partial charge in [-0.25, -0.2) is 8.42 Å². The topological polar surface area (TPSA) is 105 Å².